The van der Waals surface area contributed by atoms with E-state index in [1.165, 1.54) is 5.56 Å². The summed E-state index contributed by atoms with van der Waals surface area (Å²) in [6.45, 7) is 0.741. The molecule has 1 spiro atoms. The molecule has 1 aromatic rings. The number of fused-ring (bicyclic) bond motifs is 1. The van der Waals surface area contributed by atoms with Crippen LogP contribution in [-0.2, 0) is 17.6 Å². The van der Waals surface area contributed by atoms with Crippen LogP contribution >= 0.6 is 0 Å². The molecule has 100 valence electrons. The molecule has 1 heterocycles. The fraction of sp³-hybridized carbons (Fsp3) is 0.429. The number of hydrogen-bond acceptors (Lipinski definition) is 3. The summed E-state index contributed by atoms with van der Waals surface area (Å²) in [5.41, 5.74) is 4.02. The van der Waals surface area contributed by atoms with Crippen LogP contribution in [0.25, 0.3) is 0 Å². The lowest BCUT2D eigenvalue weighted by atomic mass is 9.70. The molecule has 1 unspecified atom stereocenters. The summed E-state index contributed by atoms with van der Waals surface area (Å²) in [4.78, 5) is 23.4. The molecule has 1 saturated heterocycles. The lowest BCUT2D eigenvalue weighted by molar-refractivity contribution is -0.128. The van der Waals surface area contributed by atoms with Crippen LogP contribution in [0, 0.1) is 5.41 Å². The first kappa shape index (κ1) is 12.2. The van der Waals surface area contributed by atoms with E-state index in [0.29, 0.717) is 12.0 Å². The van der Waals surface area contributed by atoms with Crippen molar-refractivity contribution in [3.63, 3.8) is 0 Å². The van der Waals surface area contributed by atoms with E-state index in [-0.39, 0.29) is 11.3 Å². The first-order valence-electron chi connectivity index (χ1n) is 6.49. The molecule has 2 aliphatic rings. The van der Waals surface area contributed by atoms with Gasteiger partial charge in [-0.1, -0.05) is 6.07 Å². The van der Waals surface area contributed by atoms with Crippen LogP contribution < -0.4 is 10.8 Å². The van der Waals surface area contributed by atoms with E-state index in [9.17, 15) is 9.59 Å². The highest BCUT2D eigenvalue weighted by Crippen LogP contribution is 2.41. The fourth-order valence-corrected chi connectivity index (χ4v) is 3.19. The summed E-state index contributed by atoms with van der Waals surface area (Å²) < 4.78 is 0. The van der Waals surface area contributed by atoms with Crippen LogP contribution in [-0.4, -0.2) is 23.6 Å². The van der Waals surface area contributed by atoms with Gasteiger partial charge in [0.1, 0.15) is 0 Å². The van der Waals surface area contributed by atoms with Crippen molar-refractivity contribution < 1.29 is 14.8 Å². The van der Waals surface area contributed by atoms with E-state index in [0.717, 1.165) is 31.4 Å². The van der Waals surface area contributed by atoms with E-state index in [2.05, 4.69) is 5.32 Å². The molecule has 1 fully saturated rings. The van der Waals surface area contributed by atoms with Gasteiger partial charge in [-0.05, 0) is 48.9 Å². The molecule has 2 amide bonds. The maximum absolute atomic E-state index is 12.0. The van der Waals surface area contributed by atoms with Gasteiger partial charge in [-0.3, -0.25) is 14.8 Å². The topological polar surface area (TPSA) is 78.4 Å². The highest BCUT2D eigenvalue weighted by molar-refractivity contribution is 5.93. The van der Waals surface area contributed by atoms with Gasteiger partial charge < -0.3 is 5.32 Å². The zero-order chi connectivity index (χ0) is 13.5. The summed E-state index contributed by atoms with van der Waals surface area (Å²) in [6.07, 6.45) is 3.28. The standard InChI is InChI=1S/C14H16N2O3/c17-12(16-19)10-2-1-9-3-4-14(8-11(9)7-10)5-6-15-13(14)18/h1-2,7,19H,3-6,8H2,(H,15,18)(H,16,17). The molecular formula is C14H16N2O3. The number of hydroxylamine groups is 1. The molecule has 0 aromatic heterocycles. The van der Waals surface area contributed by atoms with Gasteiger partial charge in [0, 0.05) is 12.1 Å². The molecule has 5 heteroatoms. The van der Waals surface area contributed by atoms with Crippen molar-refractivity contribution in [2.45, 2.75) is 25.7 Å². The van der Waals surface area contributed by atoms with Crippen molar-refractivity contribution >= 4 is 11.8 Å². The van der Waals surface area contributed by atoms with Crippen molar-refractivity contribution in [2.24, 2.45) is 5.41 Å². The Morgan fingerprint density at radius 3 is 2.84 bits per heavy atom. The van der Waals surface area contributed by atoms with E-state index in [1.807, 2.05) is 6.07 Å². The van der Waals surface area contributed by atoms with Crippen LogP contribution in [0.4, 0.5) is 0 Å². The molecule has 0 bridgehead atoms. The molecule has 19 heavy (non-hydrogen) atoms. The van der Waals surface area contributed by atoms with Gasteiger partial charge in [0.05, 0.1) is 5.41 Å². The Balaban J connectivity index is 1.95. The van der Waals surface area contributed by atoms with Crippen molar-refractivity contribution in [3.8, 4) is 0 Å². The molecule has 1 atom stereocenters. The van der Waals surface area contributed by atoms with Crippen LogP contribution in [0.2, 0.25) is 0 Å². The van der Waals surface area contributed by atoms with Crippen LogP contribution in [0.3, 0.4) is 0 Å². The second-order valence-electron chi connectivity index (χ2n) is 5.39. The first-order chi connectivity index (χ1) is 9.14. The maximum atomic E-state index is 12.0. The van der Waals surface area contributed by atoms with Gasteiger partial charge in [0.2, 0.25) is 5.91 Å². The predicted octanol–water partition coefficient (Wildman–Crippen LogP) is 0.801. The Kier molecular flexibility index (Phi) is 2.78. The second-order valence-corrected chi connectivity index (χ2v) is 5.39. The largest absolute Gasteiger partial charge is 0.356 e. The van der Waals surface area contributed by atoms with Crippen molar-refractivity contribution in [3.05, 3.63) is 34.9 Å². The van der Waals surface area contributed by atoms with E-state index >= 15 is 0 Å². The summed E-state index contributed by atoms with van der Waals surface area (Å²) >= 11 is 0. The Bertz CT molecular complexity index is 556. The number of rotatable bonds is 1. The van der Waals surface area contributed by atoms with Crippen LogP contribution in [0.15, 0.2) is 18.2 Å². The van der Waals surface area contributed by atoms with Crippen LogP contribution in [0.1, 0.15) is 34.3 Å². The fourth-order valence-electron chi connectivity index (χ4n) is 3.19. The molecule has 5 nitrogen and oxygen atoms in total. The summed E-state index contributed by atoms with van der Waals surface area (Å²) in [6, 6.07) is 5.41. The molecule has 1 aliphatic carbocycles. The van der Waals surface area contributed by atoms with Gasteiger partial charge in [-0.2, -0.15) is 0 Å². The van der Waals surface area contributed by atoms with Gasteiger partial charge in [-0.15, -0.1) is 0 Å². The first-order valence-corrected chi connectivity index (χ1v) is 6.49. The maximum Gasteiger partial charge on any atom is 0.274 e. The highest BCUT2D eigenvalue weighted by atomic mass is 16.5. The number of carbonyl (C=O) groups excluding carboxylic acids is 2. The molecule has 0 saturated carbocycles. The average Bonchev–Trinajstić information content (AvgIpc) is 2.78. The van der Waals surface area contributed by atoms with Gasteiger partial charge >= 0.3 is 0 Å². The lowest BCUT2D eigenvalue weighted by Crippen LogP contribution is -2.36. The molecule has 3 rings (SSSR count). The number of hydrogen-bond donors (Lipinski definition) is 3. The Labute approximate surface area is 111 Å². The number of aryl methyl sites for hydroxylation is 1. The molecule has 3 N–H and O–H groups in total. The normalized spacial score (nSPS) is 25.0. The summed E-state index contributed by atoms with van der Waals surface area (Å²) in [7, 11) is 0. The average molecular weight is 260 g/mol. The number of amides is 2. The minimum absolute atomic E-state index is 0.134. The van der Waals surface area contributed by atoms with Gasteiger partial charge in [0.15, 0.2) is 0 Å². The van der Waals surface area contributed by atoms with Crippen molar-refractivity contribution in [1.29, 1.82) is 0 Å². The molecule has 1 aliphatic heterocycles. The third kappa shape index (κ3) is 1.90. The quantitative estimate of drug-likeness (QED) is 0.516. The summed E-state index contributed by atoms with van der Waals surface area (Å²) in [5.74, 6) is -0.381. The zero-order valence-corrected chi connectivity index (χ0v) is 10.5. The van der Waals surface area contributed by atoms with Crippen molar-refractivity contribution in [1.82, 2.24) is 10.8 Å². The monoisotopic (exact) mass is 260 g/mol. The van der Waals surface area contributed by atoms with E-state index in [1.54, 1.807) is 17.6 Å². The second kappa shape index (κ2) is 4.35. The lowest BCUT2D eigenvalue weighted by Gasteiger charge is -2.32. The summed E-state index contributed by atoms with van der Waals surface area (Å²) in [5, 5.41) is 11.6. The number of nitrogens with one attached hydrogen (secondary N) is 2. The highest BCUT2D eigenvalue weighted by Gasteiger charge is 2.44. The predicted molar refractivity (Wildman–Crippen MR) is 67.8 cm³/mol. The van der Waals surface area contributed by atoms with Gasteiger partial charge in [-0.25, -0.2) is 5.48 Å². The molecule has 0 radical (unpaired) electrons. The van der Waals surface area contributed by atoms with Gasteiger partial charge in [0.25, 0.3) is 5.91 Å². The zero-order valence-electron chi connectivity index (χ0n) is 10.5. The van der Waals surface area contributed by atoms with E-state index in [4.69, 9.17) is 5.21 Å². The Hall–Kier alpha value is -1.88. The SMILES string of the molecule is O=C(NO)c1ccc2c(c1)CC1(CCNC1=O)CC2. The third-order valence-corrected chi connectivity index (χ3v) is 4.34. The van der Waals surface area contributed by atoms with Crippen molar-refractivity contribution in [2.75, 3.05) is 6.54 Å². The van der Waals surface area contributed by atoms with Crippen LogP contribution in [0.5, 0.6) is 0 Å². The Morgan fingerprint density at radius 1 is 1.32 bits per heavy atom. The third-order valence-electron chi connectivity index (χ3n) is 4.34. The molecular weight excluding hydrogens is 244 g/mol. The van der Waals surface area contributed by atoms with E-state index < -0.39 is 5.91 Å². The smallest absolute Gasteiger partial charge is 0.274 e. The number of benzene rings is 1. The number of carbonyl (C=O) groups is 2. The Morgan fingerprint density at radius 2 is 2.16 bits per heavy atom. The molecule has 1 aromatic carbocycles. The minimum atomic E-state index is -0.515. The minimum Gasteiger partial charge on any atom is -0.356 e.